The minimum atomic E-state index is -1.70. The van der Waals surface area contributed by atoms with Crippen molar-refractivity contribution in [1.29, 1.82) is 0 Å². The molecule has 0 bridgehead atoms. The minimum Gasteiger partial charge on any atom is -0.479 e. The van der Waals surface area contributed by atoms with Gasteiger partial charge in [-0.15, -0.1) is 0 Å². The van der Waals surface area contributed by atoms with Crippen LogP contribution >= 0.6 is 0 Å². The van der Waals surface area contributed by atoms with E-state index >= 15 is 0 Å². The van der Waals surface area contributed by atoms with Crippen LogP contribution in [0.25, 0.3) is 11.1 Å². The summed E-state index contributed by atoms with van der Waals surface area (Å²) in [4.78, 5) is 37.8. The maximum atomic E-state index is 12.7. The molecule has 2 amide bonds. The molecule has 4 rings (SSSR count). The van der Waals surface area contributed by atoms with Crippen molar-refractivity contribution in [3.05, 3.63) is 77.6 Å². The molecule has 0 radical (unpaired) electrons. The summed E-state index contributed by atoms with van der Waals surface area (Å²) >= 11 is 0. The van der Waals surface area contributed by atoms with Gasteiger partial charge >= 0.3 is 5.97 Å². The Balaban J connectivity index is 1.45. The summed E-state index contributed by atoms with van der Waals surface area (Å²) in [7, 11) is 0. The molecule has 1 fully saturated rings. The normalized spacial score (nSPS) is 13.9. The first-order valence-corrected chi connectivity index (χ1v) is 10.9. The number of aromatic amines is 1. The molecule has 1 atom stereocenters. The number of aliphatic carboxylic acids is 1. The van der Waals surface area contributed by atoms with E-state index in [4.69, 9.17) is 5.11 Å². The molecule has 0 spiro atoms. The number of aliphatic hydroxyl groups excluding tert-OH is 1. The highest BCUT2D eigenvalue weighted by Crippen LogP contribution is 2.20. The van der Waals surface area contributed by atoms with E-state index in [1.54, 1.807) is 4.90 Å². The molecule has 10 heteroatoms. The van der Waals surface area contributed by atoms with Crippen LogP contribution in [0.2, 0.25) is 0 Å². The van der Waals surface area contributed by atoms with Crippen LogP contribution in [-0.2, 0) is 11.3 Å². The van der Waals surface area contributed by atoms with Crippen LogP contribution < -0.4 is 5.43 Å². The van der Waals surface area contributed by atoms with E-state index in [1.807, 2.05) is 54.6 Å². The molecule has 0 aliphatic carbocycles. The number of hydrogen-bond donors (Lipinski definition) is 4. The second-order valence-corrected chi connectivity index (χ2v) is 8.05. The number of rotatable bonds is 9. The number of hydrogen-bond acceptors (Lipinski definition) is 6. The highest BCUT2D eigenvalue weighted by molar-refractivity contribution is 5.97. The summed E-state index contributed by atoms with van der Waals surface area (Å²) in [5, 5.41) is 26.8. The fourth-order valence-corrected chi connectivity index (χ4v) is 3.53. The third-order valence-electron chi connectivity index (χ3n) is 5.56. The van der Waals surface area contributed by atoms with Crippen molar-refractivity contribution in [1.82, 2.24) is 25.5 Å². The number of likely N-dealkylation sites (tertiary alicyclic amines) is 1. The molecule has 176 valence electrons. The van der Waals surface area contributed by atoms with Crippen LogP contribution in [0.4, 0.5) is 0 Å². The summed E-state index contributed by atoms with van der Waals surface area (Å²) in [5.74, 6) is -2.26. The monoisotopic (exact) mass is 463 g/mol. The SMILES string of the molecule is O=C(NN(Cc1ccc(-c2ccccc2)cc1)C[C@@H](O)C(=O)O)c1cc(C(=O)N2CCC2)[nH]n1. The standard InChI is InChI=1S/C24H25N5O5/c30-21(24(33)34)15-29(14-16-7-9-18(10-8-16)17-5-2-1-3-6-17)27-22(31)19-13-20(26-25-19)23(32)28-11-4-12-28/h1-3,5-10,13,21,30H,4,11-12,14-15H2,(H,25,26)(H,27,31)(H,33,34)/t21-/m1/s1. The predicted molar refractivity (Wildman–Crippen MR) is 123 cm³/mol. The lowest BCUT2D eigenvalue weighted by Gasteiger charge is -2.30. The summed E-state index contributed by atoms with van der Waals surface area (Å²) in [6.07, 6.45) is -0.757. The summed E-state index contributed by atoms with van der Waals surface area (Å²) in [6.45, 7) is 1.15. The van der Waals surface area contributed by atoms with Gasteiger partial charge in [-0.3, -0.25) is 20.1 Å². The molecule has 1 aromatic heterocycles. The number of carboxylic acid groups (broad SMARTS) is 1. The van der Waals surface area contributed by atoms with Crippen molar-refractivity contribution >= 4 is 17.8 Å². The molecule has 0 unspecified atom stereocenters. The molecule has 2 aromatic carbocycles. The highest BCUT2D eigenvalue weighted by Gasteiger charge is 2.25. The fraction of sp³-hybridized carbons (Fsp3) is 0.250. The largest absolute Gasteiger partial charge is 0.479 e. The second kappa shape index (κ2) is 10.3. The maximum Gasteiger partial charge on any atom is 0.333 e. The van der Waals surface area contributed by atoms with Gasteiger partial charge in [0.05, 0.1) is 6.54 Å². The average Bonchev–Trinajstić information content (AvgIpc) is 3.29. The number of carboxylic acids is 1. The molecule has 10 nitrogen and oxygen atoms in total. The van der Waals surface area contributed by atoms with Crippen molar-refractivity contribution in [2.24, 2.45) is 0 Å². The van der Waals surface area contributed by atoms with E-state index in [2.05, 4.69) is 15.6 Å². The number of H-pyrrole nitrogens is 1. The number of carbonyl (C=O) groups excluding carboxylic acids is 2. The Kier molecular flexibility index (Phi) is 7.00. The zero-order chi connectivity index (χ0) is 24.1. The van der Waals surface area contributed by atoms with Gasteiger partial charge in [-0.1, -0.05) is 54.6 Å². The zero-order valence-corrected chi connectivity index (χ0v) is 18.3. The number of aliphatic hydroxyl groups is 1. The topological polar surface area (TPSA) is 139 Å². The summed E-state index contributed by atoms with van der Waals surface area (Å²) in [5.41, 5.74) is 5.65. The van der Waals surface area contributed by atoms with Gasteiger partial charge in [0.2, 0.25) is 0 Å². The number of nitrogens with zero attached hydrogens (tertiary/aromatic N) is 3. The van der Waals surface area contributed by atoms with Gasteiger partial charge in [0.15, 0.2) is 11.8 Å². The molecule has 2 heterocycles. The van der Waals surface area contributed by atoms with Gasteiger partial charge in [-0.05, 0) is 23.1 Å². The average molecular weight is 463 g/mol. The number of benzene rings is 2. The summed E-state index contributed by atoms with van der Waals surface area (Å²) < 4.78 is 0. The first-order chi connectivity index (χ1) is 16.4. The van der Waals surface area contributed by atoms with Gasteiger partial charge in [0, 0.05) is 25.7 Å². The van der Waals surface area contributed by atoms with Crippen molar-refractivity contribution in [3.8, 4) is 11.1 Å². The third-order valence-corrected chi connectivity index (χ3v) is 5.56. The van der Waals surface area contributed by atoms with Gasteiger partial charge < -0.3 is 15.1 Å². The summed E-state index contributed by atoms with van der Waals surface area (Å²) in [6, 6.07) is 18.8. The van der Waals surface area contributed by atoms with Crippen molar-refractivity contribution in [2.75, 3.05) is 19.6 Å². The number of nitrogens with one attached hydrogen (secondary N) is 2. The Morgan fingerprint density at radius 2 is 1.74 bits per heavy atom. The van der Waals surface area contributed by atoms with Crippen LogP contribution in [0.3, 0.4) is 0 Å². The molecule has 4 N–H and O–H groups in total. The van der Waals surface area contributed by atoms with Crippen LogP contribution in [0.5, 0.6) is 0 Å². The Labute approximate surface area is 195 Å². The van der Waals surface area contributed by atoms with Crippen molar-refractivity contribution in [3.63, 3.8) is 0 Å². The molecule has 34 heavy (non-hydrogen) atoms. The predicted octanol–water partition coefficient (Wildman–Crippen LogP) is 1.52. The van der Waals surface area contributed by atoms with E-state index in [1.165, 1.54) is 11.1 Å². The lowest BCUT2D eigenvalue weighted by Crippen LogP contribution is -2.47. The Morgan fingerprint density at radius 3 is 2.35 bits per heavy atom. The minimum absolute atomic E-state index is 0.0156. The van der Waals surface area contributed by atoms with Crippen LogP contribution in [0.1, 0.15) is 33.0 Å². The molecular formula is C24H25N5O5. The molecular weight excluding hydrogens is 438 g/mol. The van der Waals surface area contributed by atoms with Crippen molar-refractivity contribution in [2.45, 2.75) is 19.1 Å². The highest BCUT2D eigenvalue weighted by atomic mass is 16.4. The Hall–Kier alpha value is -4.02. The Morgan fingerprint density at radius 1 is 1.06 bits per heavy atom. The molecule has 1 aliphatic rings. The smallest absolute Gasteiger partial charge is 0.333 e. The quantitative estimate of drug-likeness (QED) is 0.353. The lowest BCUT2D eigenvalue weighted by molar-refractivity contribution is -0.148. The van der Waals surface area contributed by atoms with E-state index in [0.717, 1.165) is 23.1 Å². The molecule has 1 aliphatic heterocycles. The van der Waals surface area contributed by atoms with E-state index < -0.39 is 18.0 Å². The third kappa shape index (κ3) is 5.48. The van der Waals surface area contributed by atoms with E-state index in [9.17, 15) is 19.5 Å². The number of aromatic nitrogens is 2. The molecule has 3 aromatic rings. The zero-order valence-electron chi connectivity index (χ0n) is 18.3. The van der Waals surface area contributed by atoms with Gasteiger partial charge in [-0.2, -0.15) is 5.10 Å². The van der Waals surface area contributed by atoms with Gasteiger partial charge in [0.1, 0.15) is 5.69 Å². The van der Waals surface area contributed by atoms with E-state index in [-0.39, 0.29) is 30.4 Å². The fourth-order valence-electron chi connectivity index (χ4n) is 3.53. The number of amides is 2. The lowest BCUT2D eigenvalue weighted by atomic mass is 10.0. The van der Waals surface area contributed by atoms with Gasteiger partial charge in [0.25, 0.3) is 11.8 Å². The molecule has 0 saturated carbocycles. The maximum absolute atomic E-state index is 12.7. The number of carbonyl (C=O) groups is 3. The molecule has 1 saturated heterocycles. The van der Waals surface area contributed by atoms with E-state index in [0.29, 0.717) is 13.1 Å². The first kappa shape index (κ1) is 23.1. The van der Waals surface area contributed by atoms with Crippen LogP contribution in [0.15, 0.2) is 60.7 Å². The second-order valence-electron chi connectivity index (χ2n) is 8.05. The van der Waals surface area contributed by atoms with Crippen LogP contribution in [0, 0.1) is 0 Å². The van der Waals surface area contributed by atoms with Crippen molar-refractivity contribution < 1.29 is 24.6 Å². The van der Waals surface area contributed by atoms with Crippen LogP contribution in [-0.4, -0.2) is 73.8 Å². The Bertz CT molecular complexity index is 1160. The van der Waals surface area contributed by atoms with Gasteiger partial charge in [-0.25, -0.2) is 9.80 Å². The first-order valence-electron chi connectivity index (χ1n) is 10.9. The number of hydrazine groups is 1.